The zero-order valence-electron chi connectivity index (χ0n) is 15.6. The van der Waals surface area contributed by atoms with Crippen molar-refractivity contribution < 1.29 is 29.0 Å². The van der Waals surface area contributed by atoms with Gasteiger partial charge in [-0.1, -0.05) is 30.3 Å². The molecule has 1 aromatic rings. The summed E-state index contributed by atoms with van der Waals surface area (Å²) in [6, 6.07) is 7.01. The lowest BCUT2D eigenvalue weighted by molar-refractivity contribution is -0.148. The average molecular weight is 398 g/mol. The second-order valence-electron chi connectivity index (χ2n) is 5.79. The number of hydrogen-bond acceptors (Lipinski definition) is 7. The van der Waals surface area contributed by atoms with E-state index in [9.17, 15) is 19.5 Å². The van der Waals surface area contributed by atoms with E-state index in [-0.39, 0.29) is 6.61 Å². The molecule has 9 heteroatoms. The quantitative estimate of drug-likeness (QED) is 0.505. The van der Waals surface area contributed by atoms with Crippen LogP contribution in [0.25, 0.3) is 0 Å². The first-order valence-electron chi connectivity index (χ1n) is 8.41. The maximum Gasteiger partial charge on any atom is 0.408 e. The molecular formula is C18H26N2O6S. The van der Waals surface area contributed by atoms with Crippen molar-refractivity contribution in [3.05, 3.63) is 35.9 Å². The lowest BCUT2D eigenvalue weighted by atomic mass is 10.1. The van der Waals surface area contributed by atoms with Crippen LogP contribution in [-0.4, -0.2) is 60.4 Å². The average Bonchev–Trinajstić information content (AvgIpc) is 2.67. The topological polar surface area (TPSA) is 114 Å². The number of carbonyl (C=O) groups is 3. The van der Waals surface area contributed by atoms with Crippen LogP contribution in [0, 0.1) is 0 Å². The minimum absolute atomic E-state index is 0.0714. The van der Waals surface area contributed by atoms with Crippen LogP contribution < -0.4 is 10.6 Å². The summed E-state index contributed by atoms with van der Waals surface area (Å²) in [7, 11) is 1.16. The third-order valence-electron chi connectivity index (χ3n) is 3.67. The van der Waals surface area contributed by atoms with Gasteiger partial charge in [-0.05, 0) is 30.9 Å². The number of benzene rings is 1. The monoisotopic (exact) mass is 398 g/mol. The van der Waals surface area contributed by atoms with Crippen LogP contribution in [0.15, 0.2) is 30.3 Å². The van der Waals surface area contributed by atoms with Crippen LogP contribution in [0.3, 0.4) is 0 Å². The number of aliphatic hydroxyl groups is 1. The van der Waals surface area contributed by atoms with Crippen molar-refractivity contribution in [3.8, 4) is 0 Å². The van der Waals surface area contributed by atoms with Gasteiger partial charge in [-0.3, -0.25) is 4.79 Å². The molecule has 0 aliphatic rings. The Morgan fingerprint density at radius 3 is 2.41 bits per heavy atom. The van der Waals surface area contributed by atoms with Gasteiger partial charge in [-0.15, -0.1) is 0 Å². The lowest BCUT2D eigenvalue weighted by Gasteiger charge is -2.23. The van der Waals surface area contributed by atoms with E-state index in [2.05, 4.69) is 15.4 Å². The number of aliphatic hydroxyl groups excluding tert-OH is 1. The summed E-state index contributed by atoms with van der Waals surface area (Å²) in [6.07, 6.45) is 0.316. The fourth-order valence-electron chi connectivity index (χ4n) is 2.17. The Morgan fingerprint density at radius 2 is 1.85 bits per heavy atom. The van der Waals surface area contributed by atoms with Crippen molar-refractivity contribution in [1.29, 1.82) is 0 Å². The highest BCUT2D eigenvalue weighted by molar-refractivity contribution is 7.98. The molecule has 3 atom stereocenters. The number of methoxy groups -OCH3 is 1. The SMILES string of the molecule is COC(=O)C(NC(=O)C(CCSC)NC(=O)OCc1ccccc1)C(C)O. The highest BCUT2D eigenvalue weighted by Gasteiger charge is 2.30. The highest BCUT2D eigenvalue weighted by atomic mass is 32.2. The van der Waals surface area contributed by atoms with Crippen molar-refractivity contribution in [2.75, 3.05) is 19.1 Å². The summed E-state index contributed by atoms with van der Waals surface area (Å²) in [5, 5.41) is 14.6. The Kier molecular flexibility index (Phi) is 10.3. The predicted molar refractivity (Wildman–Crippen MR) is 102 cm³/mol. The number of thioether (sulfide) groups is 1. The summed E-state index contributed by atoms with van der Waals surface area (Å²) in [5.41, 5.74) is 0.817. The Hall–Kier alpha value is -2.26. The van der Waals surface area contributed by atoms with Gasteiger partial charge in [0, 0.05) is 0 Å². The van der Waals surface area contributed by atoms with Crippen molar-refractivity contribution in [2.24, 2.45) is 0 Å². The highest BCUT2D eigenvalue weighted by Crippen LogP contribution is 2.05. The van der Waals surface area contributed by atoms with E-state index in [4.69, 9.17) is 4.74 Å². The van der Waals surface area contributed by atoms with Gasteiger partial charge in [0.25, 0.3) is 0 Å². The normalized spacial score (nSPS) is 13.8. The summed E-state index contributed by atoms with van der Waals surface area (Å²) in [5.74, 6) is -0.764. The third kappa shape index (κ3) is 8.31. The van der Waals surface area contributed by atoms with Gasteiger partial charge in [-0.2, -0.15) is 11.8 Å². The van der Waals surface area contributed by atoms with Crippen LogP contribution >= 0.6 is 11.8 Å². The van der Waals surface area contributed by atoms with E-state index in [0.29, 0.717) is 12.2 Å². The van der Waals surface area contributed by atoms with Crippen LogP contribution in [0.2, 0.25) is 0 Å². The van der Waals surface area contributed by atoms with Gasteiger partial charge in [-0.25, -0.2) is 9.59 Å². The first kappa shape index (κ1) is 22.8. The molecule has 0 saturated carbocycles. The van der Waals surface area contributed by atoms with Gasteiger partial charge in [0.2, 0.25) is 5.91 Å². The second kappa shape index (κ2) is 12.2. The number of rotatable bonds is 10. The molecular weight excluding hydrogens is 372 g/mol. The number of hydrogen-bond donors (Lipinski definition) is 3. The Labute approximate surface area is 163 Å². The largest absolute Gasteiger partial charge is 0.467 e. The molecule has 0 heterocycles. The fourth-order valence-corrected chi connectivity index (χ4v) is 2.64. The van der Waals surface area contributed by atoms with Gasteiger partial charge in [0.1, 0.15) is 12.6 Å². The molecule has 3 unspecified atom stereocenters. The maximum absolute atomic E-state index is 12.5. The van der Waals surface area contributed by atoms with Gasteiger partial charge < -0.3 is 25.2 Å². The minimum atomic E-state index is -1.22. The summed E-state index contributed by atoms with van der Waals surface area (Å²) in [6.45, 7) is 1.43. The van der Waals surface area contributed by atoms with Gasteiger partial charge in [0.15, 0.2) is 6.04 Å². The fraction of sp³-hybridized carbons (Fsp3) is 0.500. The molecule has 1 aromatic carbocycles. The van der Waals surface area contributed by atoms with Gasteiger partial charge >= 0.3 is 12.1 Å². The lowest BCUT2D eigenvalue weighted by Crippen LogP contribution is -2.55. The molecule has 0 aromatic heterocycles. The smallest absolute Gasteiger partial charge is 0.408 e. The molecule has 8 nitrogen and oxygen atoms in total. The van der Waals surface area contributed by atoms with E-state index in [1.807, 2.05) is 36.6 Å². The van der Waals surface area contributed by atoms with E-state index >= 15 is 0 Å². The minimum Gasteiger partial charge on any atom is -0.467 e. The molecule has 2 amide bonds. The maximum atomic E-state index is 12.5. The van der Waals surface area contributed by atoms with Crippen molar-refractivity contribution in [2.45, 2.75) is 38.1 Å². The Morgan fingerprint density at radius 1 is 1.19 bits per heavy atom. The van der Waals surface area contributed by atoms with Crippen LogP contribution in [-0.2, 0) is 25.7 Å². The number of alkyl carbamates (subject to hydrolysis) is 1. The molecule has 0 spiro atoms. The first-order valence-corrected chi connectivity index (χ1v) is 9.80. The number of esters is 1. The third-order valence-corrected chi connectivity index (χ3v) is 4.31. The van der Waals surface area contributed by atoms with E-state index < -0.39 is 36.2 Å². The van der Waals surface area contributed by atoms with E-state index in [1.54, 1.807) is 0 Å². The molecule has 3 N–H and O–H groups in total. The summed E-state index contributed by atoms with van der Waals surface area (Å²) in [4.78, 5) is 36.2. The molecule has 0 aliphatic heterocycles. The van der Waals surface area contributed by atoms with Crippen LogP contribution in [0.1, 0.15) is 18.9 Å². The van der Waals surface area contributed by atoms with E-state index in [0.717, 1.165) is 12.7 Å². The van der Waals surface area contributed by atoms with Crippen molar-refractivity contribution >= 4 is 29.7 Å². The summed E-state index contributed by atoms with van der Waals surface area (Å²) >= 11 is 1.51. The van der Waals surface area contributed by atoms with Crippen molar-refractivity contribution in [3.63, 3.8) is 0 Å². The second-order valence-corrected chi connectivity index (χ2v) is 6.78. The first-order chi connectivity index (χ1) is 12.9. The van der Waals surface area contributed by atoms with Crippen molar-refractivity contribution in [1.82, 2.24) is 10.6 Å². The molecule has 150 valence electrons. The molecule has 1 rings (SSSR count). The molecule has 0 bridgehead atoms. The molecule has 0 aliphatic carbocycles. The van der Waals surface area contributed by atoms with Crippen LogP contribution in [0.5, 0.6) is 0 Å². The number of nitrogens with one attached hydrogen (secondary N) is 2. The zero-order chi connectivity index (χ0) is 20.2. The Bertz CT molecular complexity index is 611. The molecule has 0 radical (unpaired) electrons. The molecule has 0 fully saturated rings. The predicted octanol–water partition coefficient (Wildman–Crippen LogP) is 1.07. The number of ether oxygens (including phenoxy) is 2. The number of amides is 2. The molecule has 0 saturated heterocycles. The number of carbonyl (C=O) groups excluding carboxylic acids is 3. The van der Waals surface area contributed by atoms with E-state index in [1.165, 1.54) is 18.7 Å². The van der Waals surface area contributed by atoms with Gasteiger partial charge in [0.05, 0.1) is 13.2 Å². The van der Waals surface area contributed by atoms with Crippen LogP contribution in [0.4, 0.5) is 4.79 Å². The summed E-state index contributed by atoms with van der Waals surface area (Å²) < 4.78 is 9.71. The Balaban J connectivity index is 2.68. The zero-order valence-corrected chi connectivity index (χ0v) is 16.5. The standard InChI is InChI=1S/C18H26N2O6S/c1-12(21)15(17(23)25-2)20-16(22)14(9-10-27-3)19-18(24)26-11-13-7-5-4-6-8-13/h4-8,12,14-15,21H,9-11H2,1-3H3,(H,19,24)(H,20,22). The molecule has 27 heavy (non-hydrogen) atoms.